The number of aryl methyl sites for hydroxylation is 1. The molecule has 1 atom stereocenters. The Bertz CT molecular complexity index is 568. The molecular formula is C16H18BrNO. The lowest BCUT2D eigenvalue weighted by Crippen LogP contribution is -2.07. The highest BCUT2D eigenvalue weighted by molar-refractivity contribution is 9.10. The van der Waals surface area contributed by atoms with Crippen molar-refractivity contribution in [2.45, 2.75) is 19.9 Å². The highest BCUT2D eigenvalue weighted by Gasteiger charge is 2.08. The quantitative estimate of drug-likeness (QED) is 0.861. The Hall–Kier alpha value is -1.48. The number of ether oxygens (including phenoxy) is 1. The lowest BCUT2D eigenvalue weighted by molar-refractivity contribution is 0.414. The summed E-state index contributed by atoms with van der Waals surface area (Å²) in [6, 6.07) is 14.6. The molecule has 0 aromatic heterocycles. The van der Waals surface area contributed by atoms with Crippen molar-refractivity contribution in [3.8, 4) is 5.75 Å². The molecule has 0 aliphatic carbocycles. The average molecular weight is 320 g/mol. The van der Waals surface area contributed by atoms with Gasteiger partial charge in [0, 0.05) is 16.2 Å². The third-order valence-corrected chi connectivity index (χ3v) is 3.78. The maximum absolute atomic E-state index is 5.26. The van der Waals surface area contributed by atoms with Gasteiger partial charge in [-0.1, -0.05) is 18.2 Å². The molecule has 2 aromatic carbocycles. The molecule has 2 aromatic rings. The van der Waals surface area contributed by atoms with Gasteiger partial charge in [-0.25, -0.2) is 0 Å². The van der Waals surface area contributed by atoms with E-state index in [9.17, 15) is 0 Å². The van der Waals surface area contributed by atoms with Gasteiger partial charge in [0.15, 0.2) is 0 Å². The number of halogens is 1. The summed E-state index contributed by atoms with van der Waals surface area (Å²) in [5, 5.41) is 3.52. The van der Waals surface area contributed by atoms with E-state index in [0.717, 1.165) is 15.9 Å². The Morgan fingerprint density at radius 3 is 2.68 bits per heavy atom. The van der Waals surface area contributed by atoms with Gasteiger partial charge in [-0.3, -0.25) is 0 Å². The second-order valence-corrected chi connectivity index (χ2v) is 5.48. The molecule has 0 saturated carbocycles. The fraction of sp³-hybridized carbons (Fsp3) is 0.250. The standard InChI is InChI=1S/C16H18BrNO/c1-11-7-8-15(17)16(9-11)18-12(2)13-5-4-6-14(10-13)19-3/h4-10,12,18H,1-3H3. The molecule has 2 nitrogen and oxygen atoms in total. The van der Waals surface area contributed by atoms with E-state index in [1.807, 2.05) is 12.1 Å². The van der Waals surface area contributed by atoms with Crippen molar-refractivity contribution in [1.29, 1.82) is 0 Å². The van der Waals surface area contributed by atoms with E-state index >= 15 is 0 Å². The molecule has 0 saturated heterocycles. The molecule has 1 N–H and O–H groups in total. The Kier molecular flexibility index (Phi) is 4.48. The van der Waals surface area contributed by atoms with Crippen LogP contribution in [0.25, 0.3) is 0 Å². The van der Waals surface area contributed by atoms with Crippen LogP contribution in [-0.2, 0) is 0 Å². The molecule has 0 aliphatic heterocycles. The summed E-state index contributed by atoms with van der Waals surface area (Å²) in [4.78, 5) is 0. The van der Waals surface area contributed by atoms with Gasteiger partial charge in [0.25, 0.3) is 0 Å². The summed E-state index contributed by atoms with van der Waals surface area (Å²) in [6.45, 7) is 4.23. The first-order valence-corrected chi connectivity index (χ1v) is 7.06. The van der Waals surface area contributed by atoms with Crippen molar-refractivity contribution in [3.05, 3.63) is 58.1 Å². The van der Waals surface area contributed by atoms with Crippen molar-refractivity contribution in [2.75, 3.05) is 12.4 Å². The Labute approximate surface area is 122 Å². The number of rotatable bonds is 4. The van der Waals surface area contributed by atoms with Gasteiger partial charge in [-0.05, 0) is 65.2 Å². The lowest BCUT2D eigenvalue weighted by Gasteiger charge is -2.18. The maximum atomic E-state index is 5.26. The van der Waals surface area contributed by atoms with Crippen molar-refractivity contribution >= 4 is 21.6 Å². The zero-order chi connectivity index (χ0) is 13.8. The van der Waals surface area contributed by atoms with Crippen LogP contribution in [0.1, 0.15) is 24.1 Å². The minimum Gasteiger partial charge on any atom is -0.497 e. The molecule has 0 fully saturated rings. The van der Waals surface area contributed by atoms with Crippen molar-refractivity contribution in [1.82, 2.24) is 0 Å². The van der Waals surface area contributed by atoms with Crippen LogP contribution in [0.3, 0.4) is 0 Å². The fourth-order valence-electron chi connectivity index (χ4n) is 1.98. The molecule has 2 rings (SSSR count). The first-order valence-electron chi connectivity index (χ1n) is 6.27. The van der Waals surface area contributed by atoms with Crippen LogP contribution in [-0.4, -0.2) is 7.11 Å². The normalized spacial score (nSPS) is 12.0. The number of hydrogen-bond acceptors (Lipinski definition) is 2. The van der Waals surface area contributed by atoms with E-state index in [-0.39, 0.29) is 6.04 Å². The van der Waals surface area contributed by atoms with Gasteiger partial charge in [-0.2, -0.15) is 0 Å². The number of nitrogens with one attached hydrogen (secondary N) is 1. The fourth-order valence-corrected chi connectivity index (χ4v) is 2.34. The number of hydrogen-bond donors (Lipinski definition) is 1. The van der Waals surface area contributed by atoms with Gasteiger partial charge in [-0.15, -0.1) is 0 Å². The van der Waals surface area contributed by atoms with Gasteiger partial charge in [0.2, 0.25) is 0 Å². The van der Waals surface area contributed by atoms with Crippen LogP contribution in [0.5, 0.6) is 5.75 Å². The predicted octanol–water partition coefficient (Wildman–Crippen LogP) is 4.94. The van der Waals surface area contributed by atoms with E-state index in [1.54, 1.807) is 7.11 Å². The molecule has 0 bridgehead atoms. The molecule has 0 spiro atoms. The van der Waals surface area contributed by atoms with E-state index in [2.05, 4.69) is 65.4 Å². The van der Waals surface area contributed by atoms with Crippen molar-refractivity contribution in [3.63, 3.8) is 0 Å². The Morgan fingerprint density at radius 1 is 1.16 bits per heavy atom. The zero-order valence-corrected chi connectivity index (χ0v) is 13.0. The van der Waals surface area contributed by atoms with Crippen LogP contribution >= 0.6 is 15.9 Å². The molecule has 19 heavy (non-hydrogen) atoms. The lowest BCUT2D eigenvalue weighted by atomic mass is 10.1. The van der Waals surface area contributed by atoms with Crippen molar-refractivity contribution < 1.29 is 4.74 Å². The van der Waals surface area contributed by atoms with Crippen LogP contribution in [0.15, 0.2) is 46.9 Å². The number of methoxy groups -OCH3 is 1. The summed E-state index contributed by atoms with van der Waals surface area (Å²) in [6.07, 6.45) is 0. The largest absolute Gasteiger partial charge is 0.497 e. The van der Waals surface area contributed by atoms with Crippen molar-refractivity contribution in [2.24, 2.45) is 0 Å². The Morgan fingerprint density at radius 2 is 1.95 bits per heavy atom. The van der Waals surface area contributed by atoms with E-state index in [1.165, 1.54) is 11.1 Å². The van der Waals surface area contributed by atoms with Gasteiger partial charge >= 0.3 is 0 Å². The first kappa shape index (κ1) is 13.9. The molecule has 0 radical (unpaired) electrons. The molecule has 3 heteroatoms. The number of benzene rings is 2. The summed E-state index contributed by atoms with van der Waals surface area (Å²) in [7, 11) is 1.69. The van der Waals surface area contributed by atoms with E-state index < -0.39 is 0 Å². The summed E-state index contributed by atoms with van der Waals surface area (Å²) in [5.74, 6) is 0.884. The topological polar surface area (TPSA) is 21.3 Å². The second kappa shape index (κ2) is 6.11. The average Bonchev–Trinajstić information content (AvgIpc) is 2.43. The first-order chi connectivity index (χ1) is 9.10. The second-order valence-electron chi connectivity index (χ2n) is 4.63. The highest BCUT2D eigenvalue weighted by atomic mass is 79.9. The molecule has 1 unspecified atom stereocenters. The van der Waals surface area contributed by atoms with E-state index in [0.29, 0.717) is 0 Å². The minimum absolute atomic E-state index is 0.216. The zero-order valence-electron chi connectivity index (χ0n) is 11.4. The third-order valence-electron chi connectivity index (χ3n) is 3.09. The number of anilines is 1. The van der Waals surface area contributed by atoms with Gasteiger partial charge < -0.3 is 10.1 Å². The monoisotopic (exact) mass is 319 g/mol. The van der Waals surface area contributed by atoms with E-state index in [4.69, 9.17) is 4.74 Å². The summed E-state index contributed by atoms with van der Waals surface area (Å²) < 4.78 is 6.34. The molecular weight excluding hydrogens is 302 g/mol. The van der Waals surface area contributed by atoms with Gasteiger partial charge in [0.05, 0.1) is 7.11 Å². The van der Waals surface area contributed by atoms with Crippen LogP contribution in [0.2, 0.25) is 0 Å². The van der Waals surface area contributed by atoms with Gasteiger partial charge in [0.1, 0.15) is 5.75 Å². The minimum atomic E-state index is 0.216. The summed E-state index contributed by atoms with van der Waals surface area (Å²) >= 11 is 3.57. The summed E-state index contributed by atoms with van der Waals surface area (Å²) in [5.41, 5.74) is 3.55. The predicted molar refractivity (Wildman–Crippen MR) is 83.9 cm³/mol. The Balaban J connectivity index is 2.20. The molecule has 100 valence electrons. The SMILES string of the molecule is COc1cccc(C(C)Nc2cc(C)ccc2Br)c1. The molecule has 0 heterocycles. The highest BCUT2D eigenvalue weighted by Crippen LogP contribution is 2.28. The molecule has 0 aliphatic rings. The van der Waals surface area contributed by atoms with Crippen LogP contribution in [0, 0.1) is 6.92 Å². The van der Waals surface area contributed by atoms with Crippen LogP contribution in [0.4, 0.5) is 5.69 Å². The smallest absolute Gasteiger partial charge is 0.119 e. The maximum Gasteiger partial charge on any atom is 0.119 e. The third kappa shape index (κ3) is 3.51. The van der Waals surface area contributed by atoms with Crippen LogP contribution < -0.4 is 10.1 Å². The molecule has 0 amide bonds.